The molecule has 1 fully saturated rings. The first kappa shape index (κ1) is 22.1. The number of anilines is 1. The molecule has 3 rings (SSSR count). The van der Waals surface area contributed by atoms with Crippen LogP contribution in [0.25, 0.3) is 0 Å². The smallest absolute Gasteiger partial charge is 0.260 e. The van der Waals surface area contributed by atoms with Gasteiger partial charge in [-0.15, -0.1) is 0 Å². The Morgan fingerprint density at radius 2 is 1.83 bits per heavy atom. The molecule has 0 atom stereocenters. The van der Waals surface area contributed by atoms with E-state index in [4.69, 9.17) is 16.3 Å². The highest BCUT2D eigenvalue weighted by molar-refractivity contribution is 6.31. The van der Waals surface area contributed by atoms with E-state index in [0.29, 0.717) is 43.5 Å². The fourth-order valence-corrected chi connectivity index (χ4v) is 3.56. The molecular weight excluding hydrogens is 402 g/mol. The zero-order chi connectivity index (χ0) is 21.5. The molecule has 1 saturated heterocycles. The van der Waals surface area contributed by atoms with Crippen molar-refractivity contribution in [2.24, 2.45) is 0 Å². The molecule has 30 heavy (non-hydrogen) atoms. The van der Waals surface area contributed by atoms with E-state index in [-0.39, 0.29) is 18.4 Å². The highest BCUT2D eigenvalue weighted by atomic mass is 35.5. The number of amides is 2. The number of piperazine rings is 1. The molecule has 6 nitrogen and oxygen atoms in total. The van der Waals surface area contributed by atoms with Crippen LogP contribution in [0, 0.1) is 6.92 Å². The van der Waals surface area contributed by atoms with Crippen LogP contribution >= 0.6 is 11.6 Å². The molecule has 0 saturated carbocycles. The van der Waals surface area contributed by atoms with Crippen LogP contribution in [0.15, 0.2) is 42.5 Å². The lowest BCUT2D eigenvalue weighted by molar-refractivity contribution is -0.135. The Kier molecular flexibility index (Phi) is 7.71. The second-order valence-electron chi connectivity index (χ2n) is 7.42. The van der Waals surface area contributed by atoms with E-state index in [2.05, 4.69) is 17.1 Å². The summed E-state index contributed by atoms with van der Waals surface area (Å²) in [6.45, 7) is 6.77. The third-order valence-corrected chi connectivity index (χ3v) is 5.68. The van der Waals surface area contributed by atoms with Crippen molar-refractivity contribution in [1.29, 1.82) is 0 Å². The Hall–Kier alpha value is -2.57. The standard InChI is InChI=1S/C23H28ClN3O3/c1-3-18-6-4-5-7-21(18)25-22(28)15-26-10-12-27(13-11-26)23(29)16-30-19-8-9-20(24)17(2)14-19/h4-9,14H,3,10-13,15-16H2,1-2H3,(H,25,28). The van der Waals surface area contributed by atoms with Gasteiger partial charge in [-0.3, -0.25) is 14.5 Å². The van der Waals surface area contributed by atoms with Gasteiger partial charge in [0.05, 0.1) is 6.54 Å². The zero-order valence-electron chi connectivity index (χ0n) is 17.5. The number of hydrogen-bond donors (Lipinski definition) is 1. The van der Waals surface area contributed by atoms with E-state index < -0.39 is 0 Å². The van der Waals surface area contributed by atoms with Gasteiger partial charge >= 0.3 is 0 Å². The van der Waals surface area contributed by atoms with Crippen LogP contribution in [-0.4, -0.2) is 60.9 Å². The normalized spacial score (nSPS) is 14.4. The Morgan fingerprint density at radius 3 is 2.53 bits per heavy atom. The molecule has 0 spiro atoms. The maximum atomic E-state index is 12.4. The number of nitrogens with one attached hydrogen (secondary N) is 1. The Bertz CT molecular complexity index is 895. The third-order valence-electron chi connectivity index (χ3n) is 5.26. The van der Waals surface area contributed by atoms with Gasteiger partial charge in [0, 0.05) is 36.9 Å². The molecule has 0 unspecified atom stereocenters. The summed E-state index contributed by atoms with van der Waals surface area (Å²) in [4.78, 5) is 28.7. The van der Waals surface area contributed by atoms with Crippen molar-refractivity contribution >= 4 is 29.1 Å². The lowest BCUT2D eigenvalue weighted by atomic mass is 10.1. The Labute approximate surface area is 182 Å². The van der Waals surface area contributed by atoms with Crippen LogP contribution in [0.5, 0.6) is 5.75 Å². The van der Waals surface area contributed by atoms with Crippen LogP contribution in [0.3, 0.4) is 0 Å². The number of carbonyl (C=O) groups excluding carboxylic acids is 2. The number of aryl methyl sites for hydroxylation is 2. The molecule has 1 aliphatic rings. The first-order chi connectivity index (χ1) is 14.5. The maximum absolute atomic E-state index is 12.4. The van der Waals surface area contributed by atoms with Gasteiger partial charge in [0.1, 0.15) is 5.75 Å². The quantitative estimate of drug-likeness (QED) is 0.733. The van der Waals surface area contributed by atoms with Gasteiger partial charge in [0.15, 0.2) is 6.61 Å². The van der Waals surface area contributed by atoms with Crippen LogP contribution in [0.4, 0.5) is 5.69 Å². The average Bonchev–Trinajstić information content (AvgIpc) is 2.75. The lowest BCUT2D eigenvalue weighted by Gasteiger charge is -2.34. The first-order valence-electron chi connectivity index (χ1n) is 10.2. The summed E-state index contributed by atoms with van der Waals surface area (Å²) < 4.78 is 5.61. The summed E-state index contributed by atoms with van der Waals surface area (Å²) >= 11 is 6.01. The van der Waals surface area contributed by atoms with E-state index >= 15 is 0 Å². The predicted molar refractivity (Wildman–Crippen MR) is 119 cm³/mol. The molecule has 7 heteroatoms. The van der Waals surface area contributed by atoms with Gasteiger partial charge in [-0.2, -0.15) is 0 Å². The molecule has 0 aliphatic carbocycles. The van der Waals surface area contributed by atoms with Crippen LogP contribution in [0.1, 0.15) is 18.1 Å². The van der Waals surface area contributed by atoms with E-state index in [1.807, 2.05) is 37.3 Å². The summed E-state index contributed by atoms with van der Waals surface area (Å²) in [7, 11) is 0. The minimum atomic E-state index is -0.0522. The van der Waals surface area contributed by atoms with E-state index in [1.165, 1.54) is 0 Å². The van der Waals surface area contributed by atoms with E-state index in [0.717, 1.165) is 23.2 Å². The minimum absolute atomic E-state index is 0.00460. The molecule has 2 amide bonds. The van der Waals surface area contributed by atoms with Gasteiger partial charge in [0.2, 0.25) is 5.91 Å². The summed E-state index contributed by atoms with van der Waals surface area (Å²) in [5.41, 5.74) is 2.90. The van der Waals surface area contributed by atoms with Gasteiger partial charge < -0.3 is 15.0 Å². The highest BCUT2D eigenvalue weighted by Gasteiger charge is 2.23. The zero-order valence-corrected chi connectivity index (χ0v) is 18.2. The number of halogens is 1. The fourth-order valence-electron chi connectivity index (χ4n) is 3.44. The number of nitrogens with zero attached hydrogens (tertiary/aromatic N) is 2. The second kappa shape index (κ2) is 10.5. The molecule has 0 aromatic heterocycles. The molecule has 0 bridgehead atoms. The SMILES string of the molecule is CCc1ccccc1NC(=O)CN1CCN(C(=O)COc2ccc(Cl)c(C)c2)CC1. The topological polar surface area (TPSA) is 61.9 Å². The first-order valence-corrected chi connectivity index (χ1v) is 10.6. The van der Waals surface area contributed by atoms with Crippen molar-refractivity contribution in [2.45, 2.75) is 20.3 Å². The van der Waals surface area contributed by atoms with Crippen molar-refractivity contribution in [1.82, 2.24) is 9.80 Å². The van der Waals surface area contributed by atoms with Gasteiger partial charge in [-0.25, -0.2) is 0 Å². The molecule has 2 aromatic carbocycles. The van der Waals surface area contributed by atoms with Gasteiger partial charge in [-0.05, 0) is 48.7 Å². The van der Waals surface area contributed by atoms with Gasteiger partial charge in [-0.1, -0.05) is 36.7 Å². The monoisotopic (exact) mass is 429 g/mol. The Balaban J connectivity index is 1.42. The van der Waals surface area contributed by atoms with Gasteiger partial charge in [0.25, 0.3) is 5.91 Å². The molecule has 2 aromatic rings. The summed E-state index contributed by atoms with van der Waals surface area (Å²) in [5, 5.41) is 3.67. The van der Waals surface area contributed by atoms with Crippen molar-refractivity contribution in [3.63, 3.8) is 0 Å². The molecule has 0 radical (unpaired) electrons. The number of hydrogen-bond acceptors (Lipinski definition) is 4. The predicted octanol–water partition coefficient (Wildman–Crippen LogP) is 3.37. The number of rotatable bonds is 7. The maximum Gasteiger partial charge on any atom is 0.260 e. The van der Waals surface area contributed by atoms with Crippen LogP contribution in [-0.2, 0) is 16.0 Å². The lowest BCUT2D eigenvalue weighted by Crippen LogP contribution is -2.51. The highest BCUT2D eigenvalue weighted by Crippen LogP contribution is 2.21. The van der Waals surface area contributed by atoms with Crippen molar-refractivity contribution in [2.75, 3.05) is 44.6 Å². The number of benzene rings is 2. The van der Waals surface area contributed by atoms with Crippen molar-refractivity contribution < 1.29 is 14.3 Å². The summed E-state index contributed by atoms with van der Waals surface area (Å²) in [6, 6.07) is 13.2. The largest absolute Gasteiger partial charge is 0.484 e. The summed E-state index contributed by atoms with van der Waals surface area (Å²) in [5.74, 6) is 0.550. The van der Waals surface area contributed by atoms with E-state index in [1.54, 1.807) is 17.0 Å². The molecule has 1 aliphatic heterocycles. The number of para-hydroxylation sites is 1. The Morgan fingerprint density at radius 1 is 1.10 bits per heavy atom. The number of ether oxygens (including phenoxy) is 1. The average molecular weight is 430 g/mol. The van der Waals surface area contributed by atoms with Crippen molar-refractivity contribution in [3.8, 4) is 5.75 Å². The second-order valence-corrected chi connectivity index (χ2v) is 7.82. The van der Waals surface area contributed by atoms with Crippen LogP contribution < -0.4 is 10.1 Å². The van der Waals surface area contributed by atoms with Crippen LogP contribution in [0.2, 0.25) is 5.02 Å². The minimum Gasteiger partial charge on any atom is -0.484 e. The van der Waals surface area contributed by atoms with Crippen molar-refractivity contribution in [3.05, 3.63) is 58.6 Å². The molecule has 1 heterocycles. The third kappa shape index (κ3) is 5.97. The summed E-state index contributed by atoms with van der Waals surface area (Å²) in [6.07, 6.45) is 0.870. The molecular formula is C23H28ClN3O3. The molecule has 160 valence electrons. The fraction of sp³-hybridized carbons (Fsp3) is 0.391. The van der Waals surface area contributed by atoms with E-state index in [9.17, 15) is 9.59 Å². The number of carbonyl (C=O) groups is 2. The molecule has 1 N–H and O–H groups in total.